The first-order chi connectivity index (χ1) is 15.7. The quantitative estimate of drug-likeness (QED) is 0.693. The van der Waals surface area contributed by atoms with E-state index in [4.69, 9.17) is 4.74 Å². The maximum absolute atomic E-state index is 13.8. The van der Waals surface area contributed by atoms with Gasteiger partial charge in [0.25, 0.3) is 10.0 Å². The molecule has 2 aromatic carbocycles. The number of aryl methyl sites for hydroxylation is 1. The van der Waals surface area contributed by atoms with Crippen molar-refractivity contribution in [3.63, 3.8) is 0 Å². The molecule has 0 atom stereocenters. The number of carbonyl (C=O) groups excluding carboxylic acids is 2. The van der Waals surface area contributed by atoms with Crippen LogP contribution in [0.5, 0.6) is 0 Å². The summed E-state index contributed by atoms with van der Waals surface area (Å²) in [4.78, 5) is 28.4. The number of carbonyl (C=O) groups is 2. The van der Waals surface area contributed by atoms with Crippen LogP contribution in [-0.4, -0.2) is 58.0 Å². The molecule has 2 heterocycles. The van der Waals surface area contributed by atoms with Crippen LogP contribution in [0.4, 0.5) is 15.8 Å². The summed E-state index contributed by atoms with van der Waals surface area (Å²) in [5.41, 5.74) is 1.95. The lowest BCUT2D eigenvalue weighted by Crippen LogP contribution is -2.41. The van der Waals surface area contributed by atoms with Gasteiger partial charge in [-0.1, -0.05) is 6.07 Å². The number of hydrogen-bond donors (Lipinski definition) is 1. The second-order valence-electron chi connectivity index (χ2n) is 8.15. The number of rotatable bonds is 6. The monoisotopic (exact) mass is 475 g/mol. The maximum atomic E-state index is 13.8. The summed E-state index contributed by atoms with van der Waals surface area (Å²) in [6.45, 7) is 4.14. The summed E-state index contributed by atoms with van der Waals surface area (Å²) in [5, 5.41) is 0. The fourth-order valence-electron chi connectivity index (χ4n) is 3.99. The zero-order chi connectivity index (χ0) is 23.6. The Balaban J connectivity index is 1.42. The van der Waals surface area contributed by atoms with E-state index in [1.165, 1.54) is 24.3 Å². The molecule has 0 spiro atoms. The first kappa shape index (κ1) is 23.2. The fourth-order valence-corrected chi connectivity index (χ4v) is 5.09. The number of benzene rings is 2. The summed E-state index contributed by atoms with van der Waals surface area (Å²) < 4.78 is 47.0. The first-order valence-corrected chi connectivity index (χ1v) is 12.3. The van der Waals surface area contributed by atoms with Gasteiger partial charge in [-0.15, -0.1) is 0 Å². The molecule has 0 unspecified atom stereocenters. The molecule has 0 saturated carbocycles. The van der Waals surface area contributed by atoms with E-state index < -0.39 is 15.8 Å². The Morgan fingerprint density at radius 2 is 1.76 bits per heavy atom. The largest absolute Gasteiger partial charge is 0.378 e. The van der Waals surface area contributed by atoms with Gasteiger partial charge < -0.3 is 14.5 Å². The van der Waals surface area contributed by atoms with Crippen LogP contribution >= 0.6 is 0 Å². The SMILES string of the molecule is Cc1ccc(NS(=O)(=O)c2ccc3c(c2)CCN3C(=O)CCC(=O)N2CCOCC2)cc1F. The normalized spacial score (nSPS) is 15.9. The predicted molar refractivity (Wildman–Crippen MR) is 121 cm³/mol. The van der Waals surface area contributed by atoms with Gasteiger partial charge in [0.1, 0.15) is 5.82 Å². The predicted octanol–water partition coefficient (Wildman–Crippen LogP) is 2.46. The van der Waals surface area contributed by atoms with E-state index in [1.54, 1.807) is 22.8 Å². The molecular formula is C23H26FN3O5S. The van der Waals surface area contributed by atoms with Gasteiger partial charge in [-0.05, 0) is 54.8 Å². The molecule has 0 aromatic heterocycles. The molecule has 8 nitrogen and oxygen atoms in total. The van der Waals surface area contributed by atoms with Crippen LogP contribution < -0.4 is 9.62 Å². The summed E-state index contributed by atoms with van der Waals surface area (Å²) in [6, 6.07) is 8.71. The second kappa shape index (κ2) is 9.48. The standard InChI is InChI=1S/C23H26FN3O5S/c1-16-2-3-18(15-20(16)24)25-33(30,31)19-4-5-21-17(14-19)8-9-27(21)23(29)7-6-22(28)26-10-12-32-13-11-26/h2-5,14-15,25H,6-13H2,1H3. The Hall–Kier alpha value is -2.98. The van der Waals surface area contributed by atoms with Crippen molar-refractivity contribution in [2.45, 2.75) is 31.1 Å². The van der Waals surface area contributed by atoms with Crippen LogP contribution in [-0.2, 0) is 30.8 Å². The topological polar surface area (TPSA) is 96.0 Å². The molecule has 0 bridgehead atoms. The number of ether oxygens (including phenoxy) is 1. The van der Waals surface area contributed by atoms with E-state index in [-0.39, 0.29) is 35.2 Å². The van der Waals surface area contributed by atoms with E-state index >= 15 is 0 Å². The Labute approximate surface area is 192 Å². The third-order valence-corrected chi connectivity index (χ3v) is 7.28. The fraction of sp³-hybridized carbons (Fsp3) is 0.391. The van der Waals surface area contributed by atoms with Gasteiger partial charge in [0.15, 0.2) is 0 Å². The average molecular weight is 476 g/mol. The van der Waals surface area contributed by atoms with E-state index in [2.05, 4.69) is 4.72 Å². The van der Waals surface area contributed by atoms with Crippen LogP contribution in [0.3, 0.4) is 0 Å². The lowest BCUT2D eigenvalue weighted by molar-refractivity contribution is -0.136. The Morgan fingerprint density at radius 3 is 2.48 bits per heavy atom. The van der Waals surface area contributed by atoms with Gasteiger partial charge in [0.2, 0.25) is 11.8 Å². The number of nitrogens with one attached hydrogen (secondary N) is 1. The Morgan fingerprint density at radius 1 is 1.03 bits per heavy atom. The van der Waals surface area contributed by atoms with Crippen LogP contribution in [0.2, 0.25) is 0 Å². The molecule has 10 heteroatoms. The third kappa shape index (κ3) is 5.17. The van der Waals surface area contributed by atoms with Crippen molar-refractivity contribution < 1.29 is 27.1 Å². The molecule has 176 valence electrons. The van der Waals surface area contributed by atoms with Gasteiger partial charge in [-0.25, -0.2) is 12.8 Å². The third-order valence-electron chi connectivity index (χ3n) is 5.90. The first-order valence-electron chi connectivity index (χ1n) is 10.8. The zero-order valence-electron chi connectivity index (χ0n) is 18.3. The van der Waals surface area contributed by atoms with Gasteiger partial charge >= 0.3 is 0 Å². The van der Waals surface area contributed by atoms with Crippen LogP contribution in [0, 0.1) is 12.7 Å². The number of morpholine rings is 1. The van der Waals surface area contributed by atoms with Crippen molar-refractivity contribution in [3.05, 3.63) is 53.3 Å². The van der Waals surface area contributed by atoms with Crippen molar-refractivity contribution in [2.24, 2.45) is 0 Å². The molecule has 1 fully saturated rings. The van der Waals surface area contributed by atoms with Crippen molar-refractivity contribution in [2.75, 3.05) is 42.5 Å². The molecule has 2 amide bonds. The lowest BCUT2D eigenvalue weighted by Gasteiger charge is -2.27. The second-order valence-corrected chi connectivity index (χ2v) is 9.83. The van der Waals surface area contributed by atoms with Crippen LogP contribution in [0.1, 0.15) is 24.0 Å². The minimum absolute atomic E-state index is 0.0408. The average Bonchev–Trinajstić information content (AvgIpc) is 3.23. The van der Waals surface area contributed by atoms with Gasteiger partial charge in [-0.2, -0.15) is 0 Å². The molecule has 2 aromatic rings. The number of hydrogen-bond acceptors (Lipinski definition) is 5. The molecule has 0 aliphatic carbocycles. The highest BCUT2D eigenvalue weighted by Gasteiger charge is 2.27. The Kier molecular flexibility index (Phi) is 6.66. The molecule has 0 radical (unpaired) electrons. The molecule has 33 heavy (non-hydrogen) atoms. The van der Waals surface area contributed by atoms with Crippen LogP contribution in [0.25, 0.3) is 0 Å². The summed E-state index contributed by atoms with van der Waals surface area (Å²) in [5.74, 6) is -0.726. The number of amides is 2. The molecule has 1 saturated heterocycles. The number of anilines is 2. The van der Waals surface area contributed by atoms with Gasteiger partial charge in [0.05, 0.1) is 23.8 Å². The van der Waals surface area contributed by atoms with Crippen molar-refractivity contribution in [3.8, 4) is 0 Å². The highest BCUT2D eigenvalue weighted by molar-refractivity contribution is 7.92. The summed E-state index contributed by atoms with van der Waals surface area (Å²) in [6.07, 6.45) is 0.741. The van der Waals surface area contributed by atoms with E-state index in [1.807, 2.05) is 0 Å². The van der Waals surface area contributed by atoms with E-state index in [9.17, 15) is 22.4 Å². The smallest absolute Gasteiger partial charge is 0.261 e. The summed E-state index contributed by atoms with van der Waals surface area (Å²) >= 11 is 0. The number of nitrogens with zero attached hydrogens (tertiary/aromatic N) is 2. The highest BCUT2D eigenvalue weighted by atomic mass is 32.2. The molecule has 2 aliphatic heterocycles. The van der Waals surface area contributed by atoms with Crippen molar-refractivity contribution in [1.29, 1.82) is 0 Å². The number of sulfonamides is 1. The maximum Gasteiger partial charge on any atom is 0.261 e. The lowest BCUT2D eigenvalue weighted by atomic mass is 10.2. The van der Waals surface area contributed by atoms with Gasteiger partial charge in [-0.3, -0.25) is 14.3 Å². The molecule has 4 rings (SSSR count). The minimum atomic E-state index is -3.92. The Bertz CT molecular complexity index is 1180. The highest BCUT2D eigenvalue weighted by Crippen LogP contribution is 2.31. The molecule has 1 N–H and O–H groups in total. The zero-order valence-corrected chi connectivity index (χ0v) is 19.2. The van der Waals surface area contributed by atoms with Crippen molar-refractivity contribution in [1.82, 2.24) is 4.90 Å². The van der Waals surface area contributed by atoms with Crippen LogP contribution in [0.15, 0.2) is 41.3 Å². The number of halogens is 1. The molecule has 2 aliphatic rings. The summed E-state index contributed by atoms with van der Waals surface area (Å²) in [7, 11) is -3.92. The number of fused-ring (bicyclic) bond motifs is 1. The van der Waals surface area contributed by atoms with E-state index in [0.717, 1.165) is 11.6 Å². The van der Waals surface area contributed by atoms with Gasteiger partial charge in [0, 0.05) is 38.2 Å². The minimum Gasteiger partial charge on any atom is -0.378 e. The van der Waals surface area contributed by atoms with E-state index in [0.29, 0.717) is 50.5 Å². The molecular weight excluding hydrogens is 449 g/mol. The van der Waals surface area contributed by atoms with Crippen molar-refractivity contribution >= 4 is 33.2 Å².